The van der Waals surface area contributed by atoms with Crippen LogP contribution in [0.25, 0.3) is 0 Å². The molecule has 7 N–H and O–H groups in total. The van der Waals surface area contributed by atoms with Crippen LogP contribution in [0.3, 0.4) is 0 Å². The van der Waals surface area contributed by atoms with Gasteiger partial charge in [0.05, 0.1) is 200 Å². The Kier molecular flexibility index (Phi) is 46.6. The van der Waals surface area contributed by atoms with Gasteiger partial charge in [0.2, 0.25) is 23.6 Å². The number of ether oxygens (including phenoxy) is 11. The monoisotopic (exact) mass is 2070 g/mol. The molecule has 30 nitrogen and oxygen atoms in total. The summed E-state index contributed by atoms with van der Waals surface area (Å²) in [5.41, 5.74) is 8.66. The molecule has 782 valence electrons. The van der Waals surface area contributed by atoms with Gasteiger partial charge >= 0.3 is 23.9 Å². The Bertz CT molecular complexity index is 5460. The molecule has 4 aliphatic heterocycles. The van der Waals surface area contributed by atoms with Gasteiger partial charge in [0.1, 0.15) is 31.0 Å². The Hall–Kier alpha value is -11.0. The number of benzene rings is 6. The number of carboxylic acid groups (broad SMARTS) is 1. The van der Waals surface area contributed by atoms with Crippen molar-refractivity contribution >= 4 is 116 Å². The fraction of sp³-hybridized carbons (Fsp3) is 0.459. The summed E-state index contributed by atoms with van der Waals surface area (Å²) in [6.07, 6.45) is 11.9. The molecule has 4 fully saturated rings. The maximum absolute atomic E-state index is 12.9. The molecule has 4 aliphatic rings. The number of aromatic carboxylic acids is 1. The van der Waals surface area contributed by atoms with Crippen molar-refractivity contribution in [2.24, 2.45) is 0 Å². The summed E-state index contributed by atoms with van der Waals surface area (Å²) >= 11 is 5.04. The number of carbonyl (C=O) groups is 8. The number of amides is 4. The van der Waals surface area contributed by atoms with E-state index >= 15 is 0 Å². The first kappa shape index (κ1) is 114. The summed E-state index contributed by atoms with van der Waals surface area (Å²) in [7, 11) is 7.34. The third-order valence-electron chi connectivity index (χ3n) is 25.6. The predicted molar refractivity (Wildman–Crippen MR) is 558 cm³/mol. The van der Waals surface area contributed by atoms with E-state index in [1.165, 1.54) is 61.4 Å². The summed E-state index contributed by atoms with van der Waals surface area (Å²) in [5, 5.41) is 71.8. The fourth-order valence-electron chi connectivity index (χ4n) is 17.5. The zero-order chi connectivity index (χ0) is 104. The average Bonchev–Trinajstić information content (AvgIpc) is 1.70. The maximum atomic E-state index is 12.9. The molecule has 34 heteroatoms. The minimum Gasteiger partial charge on any atom is -0.497 e. The van der Waals surface area contributed by atoms with E-state index in [2.05, 4.69) is 27.7 Å². The average molecular weight is 2070 g/mol. The molecular weight excluding hydrogens is 1930 g/mol. The number of unbranched alkanes of at least 4 members (excludes halogenated alkanes) is 8. The van der Waals surface area contributed by atoms with E-state index in [-0.39, 0.29) is 137 Å². The summed E-state index contributed by atoms with van der Waals surface area (Å²) < 4.78 is 60.7. The summed E-state index contributed by atoms with van der Waals surface area (Å²) in [4.78, 5) is 108. The van der Waals surface area contributed by atoms with Crippen LogP contribution in [-0.2, 0) is 101 Å². The normalized spacial score (nSPS) is 18.4. The highest BCUT2D eigenvalue weighted by Gasteiger charge is 2.44. The highest BCUT2D eigenvalue weighted by atomic mass is 32.1. The number of rotatable bonds is 52. The van der Waals surface area contributed by atoms with Crippen LogP contribution in [-0.4, -0.2) is 194 Å². The number of anilines is 4. The van der Waals surface area contributed by atoms with Crippen molar-refractivity contribution in [3.05, 3.63) is 267 Å². The maximum Gasteiger partial charge on any atom is 0.348 e. The number of nitrogens with zero attached hydrogens (tertiary/aromatic N) is 4. The minimum atomic E-state index is -0.974. The Morgan fingerprint density at radius 2 is 0.566 bits per heavy atom. The molecule has 8 heterocycles. The molecule has 4 aromatic heterocycles. The fourth-order valence-corrected chi connectivity index (χ4v) is 20.8. The molecule has 14 rings (SSSR count). The number of esters is 3. The quantitative estimate of drug-likeness (QED) is 0.0106. The van der Waals surface area contributed by atoms with E-state index in [4.69, 9.17) is 57.2 Å². The summed E-state index contributed by atoms with van der Waals surface area (Å²) in [5.74, 6) is -1.12. The molecule has 0 spiro atoms. The van der Waals surface area contributed by atoms with Crippen LogP contribution in [0.5, 0.6) is 11.5 Å². The number of hydrogen-bond acceptors (Lipinski definition) is 29. The lowest BCUT2D eigenvalue weighted by molar-refractivity contribution is -0.118. The predicted octanol–water partition coefficient (Wildman–Crippen LogP) is 19.7. The topological polar surface area (TPSA) is 393 Å². The molecule has 4 amide bonds. The molecule has 145 heavy (non-hydrogen) atoms. The van der Waals surface area contributed by atoms with Crippen molar-refractivity contribution in [1.29, 1.82) is 0 Å². The molecule has 0 saturated carbocycles. The lowest BCUT2D eigenvalue weighted by Gasteiger charge is -2.27. The second-order valence-corrected chi connectivity index (χ2v) is 40.7. The van der Waals surface area contributed by atoms with Gasteiger partial charge in [-0.05, 0) is 180 Å². The van der Waals surface area contributed by atoms with Gasteiger partial charge in [-0.2, -0.15) is 0 Å². The second-order valence-electron chi connectivity index (χ2n) is 36.0. The van der Waals surface area contributed by atoms with Crippen molar-refractivity contribution in [2.75, 3.05) is 81.6 Å². The molecular formula is C111H138N4O26S4. The Morgan fingerprint density at radius 3 is 0.807 bits per heavy atom. The van der Waals surface area contributed by atoms with Crippen LogP contribution < -0.4 is 29.1 Å². The second kappa shape index (κ2) is 59.1. The number of carbonyl (C=O) groups excluding carboxylic acids is 7. The lowest BCUT2D eigenvalue weighted by atomic mass is 10.0. The molecule has 0 aliphatic carbocycles. The van der Waals surface area contributed by atoms with E-state index in [1.807, 2.05) is 146 Å². The standard InChI is InChI=1S/2C32H39NO7S.C24H31NO6S.C23H29NO6S/c2*1-4-5-6-7-29(40-19-22-8-14-25(37-2)15-9-22)23-10-12-24(13-11-23)33-27(28(34)18-31(33)35)21-39-20-26-16-17-30(41-26)32(36)38-3;1-3-4-5-6-20(26)16-7-9-17(10-8-16)25-19(21(27)13-23(25)28)15-31-14-18-11-12-22(32-18)24(29)30-2;1-2-3-4-5-19(25)15-6-8-16(9-7-15)24-18(20(26)12-22(24)27)14-30-13-17-10-11-21(31-17)23(28)29/h2*8-17,27-29,34H,4-7,18-21H2,1-3H3;7-12,19-21,26-27H,3-6,13-15H2,1-2H3;6-11,18-20,25-26H,2-5,12-14H2,1H3,(H,28,29)/t27-,28+,29?;27-,28-,29?;19-,20?,21-;18-,19?,20-/m0000/s1. The highest BCUT2D eigenvalue weighted by molar-refractivity contribution is 7.14. The number of aliphatic hydroxyl groups excluding tert-OH is 6. The van der Waals surface area contributed by atoms with Crippen molar-refractivity contribution in [2.45, 2.75) is 269 Å². The SMILES string of the molecule is CCCCCC(O)c1ccc(N2C(=O)C[C@H](O)[C@@H]2COCc2ccc(C(=O)O)s2)cc1.CCCCCC(O)c1ccc(N2C(=O)C[C@H](O)[C@@H]2COCc2ccc(C(=O)OC)s2)cc1.CCCCCC(OCc1ccc(OC)cc1)c1ccc(N2C(=O)C[C@@H](O)[C@@H]2COCc2ccc(C(=O)OC)s2)cc1.CCCCCC(OCc1ccc(OC)cc1)c1ccc(N2C(=O)C[C@H](O)[C@@H]2COCc2ccc(C(=O)OC)s2)cc1. The van der Waals surface area contributed by atoms with Crippen molar-refractivity contribution < 1.29 is 126 Å². The van der Waals surface area contributed by atoms with Crippen molar-refractivity contribution in [3.8, 4) is 11.5 Å². The highest BCUT2D eigenvalue weighted by Crippen LogP contribution is 2.39. The largest absolute Gasteiger partial charge is 0.497 e. The molecule has 12 atom stereocenters. The van der Waals surface area contributed by atoms with Gasteiger partial charge in [0.25, 0.3) is 0 Å². The number of aliphatic hydroxyl groups is 6. The van der Waals surface area contributed by atoms with E-state index in [1.54, 1.807) is 76.3 Å². The van der Waals surface area contributed by atoms with Gasteiger partial charge in [0.15, 0.2) is 0 Å². The van der Waals surface area contributed by atoms with Crippen LogP contribution in [0.2, 0.25) is 0 Å². The first-order chi connectivity index (χ1) is 70.2. The molecule has 4 saturated heterocycles. The third kappa shape index (κ3) is 33.5. The summed E-state index contributed by atoms with van der Waals surface area (Å²) in [6.45, 7) is 11.3. The smallest absolute Gasteiger partial charge is 0.348 e. The molecule has 10 aromatic rings. The molecule has 4 unspecified atom stereocenters. The van der Waals surface area contributed by atoms with E-state index in [9.17, 15) is 69.0 Å². The van der Waals surface area contributed by atoms with Gasteiger partial charge in [-0.25, -0.2) is 19.2 Å². The Balaban J connectivity index is 0.000000186. The van der Waals surface area contributed by atoms with E-state index < -0.39 is 66.8 Å². The third-order valence-corrected chi connectivity index (χ3v) is 29.7. The molecule has 6 aromatic carbocycles. The molecule has 0 radical (unpaired) electrons. The van der Waals surface area contributed by atoms with Crippen molar-refractivity contribution in [3.63, 3.8) is 0 Å². The first-order valence-corrected chi connectivity index (χ1v) is 52.9. The van der Waals surface area contributed by atoms with Gasteiger partial charge in [0, 0.05) is 42.3 Å². The van der Waals surface area contributed by atoms with Crippen LogP contribution >= 0.6 is 45.3 Å². The van der Waals surface area contributed by atoms with E-state index in [0.717, 1.165) is 177 Å². The van der Waals surface area contributed by atoms with Crippen LogP contribution in [0, 0.1) is 0 Å². The number of thiophene rings is 4. The van der Waals surface area contributed by atoms with Gasteiger partial charge in [-0.3, -0.25) is 19.2 Å². The van der Waals surface area contributed by atoms with E-state index in [0.29, 0.717) is 52.1 Å². The number of carboxylic acids is 1. The van der Waals surface area contributed by atoms with Crippen LogP contribution in [0.15, 0.2) is 194 Å². The molecule has 0 bridgehead atoms. The first-order valence-electron chi connectivity index (χ1n) is 49.6. The lowest BCUT2D eigenvalue weighted by Crippen LogP contribution is -2.40. The van der Waals surface area contributed by atoms with Gasteiger partial charge < -0.3 is 107 Å². The number of methoxy groups -OCH3 is 5. The van der Waals surface area contributed by atoms with Crippen LogP contribution in [0.4, 0.5) is 22.7 Å². The number of hydrogen-bond donors (Lipinski definition) is 7. The van der Waals surface area contributed by atoms with Crippen molar-refractivity contribution in [1.82, 2.24) is 0 Å². The van der Waals surface area contributed by atoms with Gasteiger partial charge in [-0.15, -0.1) is 45.3 Å². The zero-order valence-corrected chi connectivity index (χ0v) is 87.2. The van der Waals surface area contributed by atoms with Gasteiger partial charge in [-0.1, -0.05) is 178 Å². The Morgan fingerprint density at radius 1 is 0.317 bits per heavy atom. The zero-order valence-electron chi connectivity index (χ0n) is 83.9. The Labute approximate surface area is 864 Å². The van der Waals surface area contributed by atoms with Crippen LogP contribution in [0.1, 0.15) is 272 Å². The summed E-state index contributed by atoms with van der Waals surface area (Å²) in [6, 6.07) is 57.7. The minimum absolute atomic E-state index is 0.0254.